The molecule has 0 aliphatic carbocycles. The summed E-state index contributed by atoms with van der Waals surface area (Å²) in [6, 6.07) is 16.8. The smallest absolute Gasteiger partial charge is 0.266 e. The van der Waals surface area contributed by atoms with E-state index < -0.39 is 11.8 Å². The number of morpholine rings is 1. The molecule has 0 radical (unpaired) electrons. The summed E-state index contributed by atoms with van der Waals surface area (Å²) >= 11 is 3.42. The molecule has 2 aliphatic rings. The Morgan fingerprint density at radius 3 is 2.32 bits per heavy atom. The molecule has 2 amide bonds. The molecule has 1 N–H and O–H groups in total. The number of rotatable bonds is 5. The fourth-order valence-electron chi connectivity index (χ4n) is 4.94. The van der Waals surface area contributed by atoms with Gasteiger partial charge in [0.15, 0.2) is 0 Å². The van der Waals surface area contributed by atoms with Crippen LogP contribution in [-0.4, -0.2) is 62.6 Å². The van der Waals surface area contributed by atoms with E-state index in [1.807, 2.05) is 0 Å². The van der Waals surface area contributed by atoms with Gasteiger partial charge in [0, 0.05) is 29.7 Å². The van der Waals surface area contributed by atoms with Gasteiger partial charge in [0.05, 0.1) is 47.5 Å². The average molecular weight is 575 g/mol. The van der Waals surface area contributed by atoms with E-state index >= 15 is 0 Å². The first-order valence-electron chi connectivity index (χ1n) is 12.2. The second kappa shape index (κ2) is 9.79. The van der Waals surface area contributed by atoms with E-state index in [0.29, 0.717) is 53.0 Å². The molecule has 1 fully saturated rings. The lowest BCUT2D eigenvalue weighted by molar-refractivity contribution is 0.0339. The molecule has 3 aromatic carbocycles. The fraction of sp³-hybridized carbons (Fsp3) is 0.214. The Morgan fingerprint density at radius 1 is 0.895 bits per heavy atom. The van der Waals surface area contributed by atoms with Gasteiger partial charge in [0.1, 0.15) is 11.6 Å². The highest BCUT2D eigenvalue weighted by Crippen LogP contribution is 2.27. The maximum Gasteiger partial charge on any atom is 0.266 e. The minimum absolute atomic E-state index is 0.117. The number of carbonyl (C=O) groups excluding carboxylic acids is 2. The van der Waals surface area contributed by atoms with Gasteiger partial charge in [-0.3, -0.25) is 28.8 Å². The van der Waals surface area contributed by atoms with Crippen LogP contribution < -0.4 is 5.56 Å². The molecule has 2 aliphatic heterocycles. The second-order valence-electron chi connectivity index (χ2n) is 9.27. The monoisotopic (exact) mass is 574 g/mol. The van der Waals surface area contributed by atoms with Crippen molar-refractivity contribution in [1.29, 1.82) is 0 Å². The molecule has 4 aromatic rings. The third-order valence-electron chi connectivity index (χ3n) is 6.90. The summed E-state index contributed by atoms with van der Waals surface area (Å²) in [6.07, 6.45) is 0. The number of aromatic hydroxyl groups is 1. The second-order valence-corrected chi connectivity index (χ2v) is 10.2. The van der Waals surface area contributed by atoms with Crippen molar-refractivity contribution < 1.29 is 19.4 Å². The highest BCUT2D eigenvalue weighted by molar-refractivity contribution is 9.10. The summed E-state index contributed by atoms with van der Waals surface area (Å²) in [5.41, 5.74) is 1.90. The first-order valence-corrected chi connectivity index (χ1v) is 13.0. The van der Waals surface area contributed by atoms with Crippen molar-refractivity contribution in [3.8, 4) is 11.4 Å². The number of hydrogen-bond acceptors (Lipinski definition) is 7. The predicted molar refractivity (Wildman–Crippen MR) is 143 cm³/mol. The number of phenolic OH excluding ortho intramolecular Hbond substituents is 1. The van der Waals surface area contributed by atoms with Gasteiger partial charge in [-0.25, -0.2) is 4.98 Å². The Bertz CT molecular complexity index is 1630. The van der Waals surface area contributed by atoms with E-state index in [2.05, 4.69) is 20.8 Å². The normalized spacial score (nSPS) is 15.9. The zero-order valence-corrected chi connectivity index (χ0v) is 21.8. The van der Waals surface area contributed by atoms with Crippen molar-refractivity contribution in [2.24, 2.45) is 0 Å². The molecule has 1 aromatic heterocycles. The number of ether oxygens (including phenoxy) is 1. The highest BCUT2D eigenvalue weighted by atomic mass is 79.9. The number of carbonyl (C=O) groups is 2. The van der Waals surface area contributed by atoms with Crippen molar-refractivity contribution in [2.75, 3.05) is 26.3 Å². The van der Waals surface area contributed by atoms with E-state index in [-0.39, 0.29) is 23.7 Å². The third-order valence-corrected chi connectivity index (χ3v) is 7.39. The third kappa shape index (κ3) is 4.30. The van der Waals surface area contributed by atoms with Crippen LogP contribution in [-0.2, 0) is 17.8 Å². The quantitative estimate of drug-likeness (QED) is 0.364. The molecule has 38 heavy (non-hydrogen) atoms. The van der Waals surface area contributed by atoms with Crippen LogP contribution in [0.25, 0.3) is 16.6 Å². The number of hydrogen-bond donors (Lipinski definition) is 1. The fourth-order valence-corrected chi connectivity index (χ4v) is 5.30. The van der Waals surface area contributed by atoms with Crippen molar-refractivity contribution in [2.45, 2.75) is 13.1 Å². The van der Waals surface area contributed by atoms with Crippen molar-refractivity contribution in [3.05, 3.63) is 98.0 Å². The van der Waals surface area contributed by atoms with Crippen molar-refractivity contribution in [1.82, 2.24) is 19.4 Å². The number of fused-ring (bicyclic) bond motifs is 2. The molecule has 1 saturated heterocycles. The highest BCUT2D eigenvalue weighted by Gasteiger charge is 2.36. The molecule has 0 saturated carbocycles. The topological polar surface area (TPSA) is 105 Å². The van der Waals surface area contributed by atoms with Crippen LogP contribution in [0.1, 0.15) is 32.1 Å². The van der Waals surface area contributed by atoms with Crippen LogP contribution >= 0.6 is 15.9 Å². The number of halogens is 1. The molecular weight excluding hydrogens is 552 g/mol. The van der Waals surface area contributed by atoms with Crippen LogP contribution in [0.2, 0.25) is 0 Å². The van der Waals surface area contributed by atoms with Gasteiger partial charge in [-0.1, -0.05) is 28.1 Å². The van der Waals surface area contributed by atoms with Gasteiger partial charge in [-0.15, -0.1) is 0 Å². The summed E-state index contributed by atoms with van der Waals surface area (Å²) in [7, 11) is 0. The van der Waals surface area contributed by atoms with Crippen LogP contribution in [0, 0.1) is 0 Å². The van der Waals surface area contributed by atoms with Crippen LogP contribution in [0.3, 0.4) is 0 Å². The van der Waals surface area contributed by atoms with Crippen LogP contribution in [0.5, 0.6) is 5.75 Å². The lowest BCUT2D eigenvalue weighted by Gasteiger charge is -2.27. The minimum Gasteiger partial charge on any atom is -0.508 e. The number of imide groups is 1. The Balaban J connectivity index is 1.47. The van der Waals surface area contributed by atoms with Gasteiger partial charge < -0.3 is 9.84 Å². The largest absolute Gasteiger partial charge is 0.508 e. The molecule has 0 unspecified atom stereocenters. The van der Waals surface area contributed by atoms with E-state index in [1.165, 1.54) is 4.57 Å². The zero-order valence-electron chi connectivity index (χ0n) is 20.3. The molecule has 9 nitrogen and oxygen atoms in total. The first-order chi connectivity index (χ1) is 18.4. The summed E-state index contributed by atoms with van der Waals surface area (Å²) in [5, 5.41) is 11.0. The molecular formula is C28H23BrN4O5. The van der Waals surface area contributed by atoms with Gasteiger partial charge in [0.25, 0.3) is 17.4 Å². The van der Waals surface area contributed by atoms with E-state index in [4.69, 9.17) is 9.72 Å². The number of aromatic nitrogens is 2. The Hall–Kier alpha value is -3.86. The van der Waals surface area contributed by atoms with Gasteiger partial charge in [-0.2, -0.15) is 0 Å². The lowest BCUT2D eigenvalue weighted by atomic mass is 10.1. The lowest BCUT2D eigenvalue weighted by Crippen LogP contribution is -2.35. The molecule has 3 heterocycles. The number of amides is 2. The summed E-state index contributed by atoms with van der Waals surface area (Å²) < 4.78 is 7.57. The first kappa shape index (κ1) is 24.5. The molecule has 0 spiro atoms. The SMILES string of the molecule is O=C1c2ccccc2C(=O)N1Cc1nc2ccc(Br)cc2c(=O)n1-c1ccc(O)c(CN2CCOCC2)c1. The standard InChI is InChI=1S/C28H23BrN4O5/c29-18-5-7-23-22(14-18)28(37)33(19-6-8-24(34)17(13-19)15-31-9-11-38-12-10-31)25(30-23)16-32-26(35)20-3-1-2-4-21(20)27(32)36/h1-8,13-14,34H,9-12,15-16H2. The Morgan fingerprint density at radius 2 is 1.61 bits per heavy atom. The number of phenols is 1. The predicted octanol–water partition coefficient (Wildman–Crippen LogP) is 3.48. The van der Waals surface area contributed by atoms with Gasteiger partial charge >= 0.3 is 0 Å². The molecule has 0 atom stereocenters. The Labute approximate surface area is 226 Å². The van der Waals surface area contributed by atoms with Crippen LogP contribution in [0.4, 0.5) is 0 Å². The number of benzene rings is 3. The maximum absolute atomic E-state index is 13.9. The number of nitrogens with zero attached hydrogens (tertiary/aromatic N) is 4. The van der Waals surface area contributed by atoms with E-state index in [1.54, 1.807) is 60.7 Å². The molecule has 0 bridgehead atoms. The average Bonchev–Trinajstić information content (AvgIpc) is 3.16. The summed E-state index contributed by atoms with van der Waals surface area (Å²) in [5.74, 6) is -0.504. The summed E-state index contributed by atoms with van der Waals surface area (Å²) in [6.45, 7) is 3.01. The van der Waals surface area contributed by atoms with Crippen LogP contribution in [0.15, 0.2) is 69.9 Å². The van der Waals surface area contributed by atoms with E-state index in [0.717, 1.165) is 22.5 Å². The van der Waals surface area contributed by atoms with Gasteiger partial charge in [0.2, 0.25) is 0 Å². The maximum atomic E-state index is 13.9. The van der Waals surface area contributed by atoms with Crippen molar-refractivity contribution >= 4 is 38.6 Å². The Kier molecular flexibility index (Phi) is 6.30. The minimum atomic E-state index is -0.430. The van der Waals surface area contributed by atoms with Crippen molar-refractivity contribution in [3.63, 3.8) is 0 Å². The zero-order chi connectivity index (χ0) is 26.4. The molecule has 10 heteroatoms. The van der Waals surface area contributed by atoms with Gasteiger partial charge in [-0.05, 0) is 48.5 Å². The van der Waals surface area contributed by atoms with E-state index in [9.17, 15) is 19.5 Å². The molecule has 192 valence electrons. The molecule has 6 rings (SSSR count). The summed E-state index contributed by atoms with van der Waals surface area (Å²) in [4.78, 5) is 48.1.